The van der Waals surface area contributed by atoms with E-state index >= 15 is 0 Å². The summed E-state index contributed by atoms with van der Waals surface area (Å²) in [5.41, 5.74) is 0. The van der Waals surface area contributed by atoms with Gasteiger partial charge in [0, 0.05) is 0 Å². The van der Waals surface area contributed by atoms with Crippen LogP contribution in [0.25, 0.3) is 0 Å². The predicted octanol–water partition coefficient (Wildman–Crippen LogP) is 0.821. The molecule has 0 aromatic heterocycles. The van der Waals surface area contributed by atoms with Crippen molar-refractivity contribution in [1.29, 1.82) is 0 Å². The van der Waals surface area contributed by atoms with Crippen LogP contribution in [0.3, 0.4) is 0 Å². The maximum atomic E-state index is 4.77. The largest absolute Gasteiger partial charge is 0.494 e. The Hall–Kier alpha value is -0.920. The van der Waals surface area contributed by atoms with Crippen LogP contribution in [-0.4, -0.2) is 6.61 Å². The van der Waals surface area contributed by atoms with E-state index in [1.165, 1.54) is 12.5 Å². The van der Waals surface area contributed by atoms with Gasteiger partial charge in [0.1, 0.15) is 19.1 Å². The Morgan fingerprint density at radius 1 is 1.43 bits per heavy atom. The van der Waals surface area contributed by atoms with Gasteiger partial charge in [-0.2, -0.15) is 0 Å². The van der Waals surface area contributed by atoms with Gasteiger partial charge in [-0.05, 0) is 6.08 Å². The highest BCUT2D eigenvalue weighted by Gasteiger charge is 1.79. The number of ether oxygens (including phenoxy) is 2. The number of hydrogen-bond donors (Lipinski definition) is 0. The second kappa shape index (κ2) is 2.29. The normalized spacial score (nSPS) is 17.1. The van der Waals surface area contributed by atoms with Crippen molar-refractivity contribution in [2.75, 3.05) is 6.61 Å². The van der Waals surface area contributed by atoms with E-state index in [1.54, 1.807) is 6.08 Å². The van der Waals surface area contributed by atoms with E-state index in [0.717, 1.165) is 0 Å². The summed E-state index contributed by atoms with van der Waals surface area (Å²) >= 11 is 0. The van der Waals surface area contributed by atoms with Crippen molar-refractivity contribution >= 4 is 0 Å². The molecular formula is C5H5O2. The molecule has 0 saturated carbocycles. The molecule has 0 fully saturated rings. The second-order valence-corrected chi connectivity index (χ2v) is 1.05. The van der Waals surface area contributed by atoms with Gasteiger partial charge in [0.2, 0.25) is 0 Å². The van der Waals surface area contributed by atoms with Crippen molar-refractivity contribution in [2.45, 2.75) is 0 Å². The third-order valence-corrected chi connectivity index (χ3v) is 0.551. The maximum absolute atomic E-state index is 4.77. The fourth-order valence-electron chi connectivity index (χ4n) is 0.292. The summed E-state index contributed by atoms with van der Waals surface area (Å²) in [6, 6.07) is 0. The Morgan fingerprint density at radius 3 is 3.43 bits per heavy atom. The Kier molecular flexibility index (Phi) is 1.39. The first kappa shape index (κ1) is 4.24. The molecule has 2 heteroatoms. The van der Waals surface area contributed by atoms with Gasteiger partial charge in [0.15, 0.2) is 6.26 Å². The highest BCUT2D eigenvalue weighted by atomic mass is 16.5. The van der Waals surface area contributed by atoms with Gasteiger partial charge in [-0.25, -0.2) is 0 Å². The molecule has 1 heterocycles. The van der Waals surface area contributed by atoms with Gasteiger partial charge >= 0.3 is 0 Å². The average Bonchev–Trinajstić information content (AvgIpc) is 1.90. The Balaban J connectivity index is 2.38. The van der Waals surface area contributed by atoms with Crippen LogP contribution < -0.4 is 0 Å². The van der Waals surface area contributed by atoms with Crippen LogP contribution in [0.2, 0.25) is 0 Å². The van der Waals surface area contributed by atoms with Crippen LogP contribution in [0.15, 0.2) is 18.6 Å². The third kappa shape index (κ3) is 1.30. The molecule has 0 aliphatic carbocycles. The monoisotopic (exact) mass is 97.0 g/mol. The van der Waals surface area contributed by atoms with Gasteiger partial charge in [-0.15, -0.1) is 0 Å². The first-order valence-corrected chi connectivity index (χ1v) is 1.99. The van der Waals surface area contributed by atoms with Crippen molar-refractivity contribution < 1.29 is 9.47 Å². The highest BCUT2D eigenvalue weighted by molar-refractivity contribution is 4.75. The molecule has 0 amide bonds. The topological polar surface area (TPSA) is 18.5 Å². The summed E-state index contributed by atoms with van der Waals surface area (Å²) < 4.78 is 9.35. The first-order valence-electron chi connectivity index (χ1n) is 1.99. The van der Waals surface area contributed by atoms with Crippen LogP contribution >= 0.6 is 0 Å². The molecule has 1 rings (SSSR count). The standard InChI is InChI=1S/C5H5O2/c1-2-6-4-5-7-3-1/h1,4-5H,2H2. The Morgan fingerprint density at radius 2 is 2.43 bits per heavy atom. The number of rotatable bonds is 0. The summed E-state index contributed by atoms with van der Waals surface area (Å²) in [5, 5.41) is 0. The Labute approximate surface area is 42.0 Å². The van der Waals surface area contributed by atoms with E-state index in [0.29, 0.717) is 6.61 Å². The van der Waals surface area contributed by atoms with Crippen molar-refractivity contribution in [1.82, 2.24) is 0 Å². The highest BCUT2D eigenvalue weighted by Crippen LogP contribution is 1.87. The van der Waals surface area contributed by atoms with Crippen LogP contribution in [-0.2, 0) is 9.47 Å². The molecule has 0 aromatic rings. The lowest BCUT2D eigenvalue weighted by Gasteiger charge is -1.84. The minimum absolute atomic E-state index is 0.552. The molecule has 7 heavy (non-hydrogen) atoms. The van der Waals surface area contributed by atoms with Gasteiger partial charge < -0.3 is 9.47 Å². The first-order chi connectivity index (χ1) is 3.50. The molecule has 1 aliphatic rings. The zero-order valence-electron chi connectivity index (χ0n) is 3.76. The van der Waals surface area contributed by atoms with Gasteiger partial charge in [-0.1, -0.05) is 0 Å². The van der Waals surface area contributed by atoms with E-state index in [1.807, 2.05) is 0 Å². The summed E-state index contributed by atoms with van der Waals surface area (Å²) in [7, 11) is 0. The summed E-state index contributed by atoms with van der Waals surface area (Å²) in [6.45, 7) is 0.552. The van der Waals surface area contributed by atoms with Crippen LogP contribution in [0.5, 0.6) is 0 Å². The molecule has 2 nitrogen and oxygen atoms in total. The third-order valence-electron chi connectivity index (χ3n) is 0.551. The van der Waals surface area contributed by atoms with Gasteiger partial charge in [0.05, 0.1) is 0 Å². The summed E-state index contributed by atoms with van der Waals surface area (Å²) in [5.74, 6) is 0. The van der Waals surface area contributed by atoms with Gasteiger partial charge in [0.25, 0.3) is 0 Å². The molecule has 0 bridgehead atoms. The molecule has 1 aliphatic heterocycles. The van der Waals surface area contributed by atoms with Crippen molar-refractivity contribution in [2.24, 2.45) is 0 Å². The molecule has 37 valence electrons. The smallest absolute Gasteiger partial charge is 0.168 e. The molecule has 1 radical (unpaired) electrons. The van der Waals surface area contributed by atoms with E-state index in [4.69, 9.17) is 4.74 Å². The molecule has 0 saturated heterocycles. The molecule has 0 atom stereocenters. The summed E-state index contributed by atoms with van der Waals surface area (Å²) in [4.78, 5) is 0. The zero-order valence-corrected chi connectivity index (χ0v) is 3.76. The molecule has 0 spiro atoms. The predicted molar refractivity (Wildman–Crippen MR) is 24.0 cm³/mol. The van der Waals surface area contributed by atoms with E-state index in [-0.39, 0.29) is 0 Å². The quantitative estimate of drug-likeness (QED) is 0.445. The fraction of sp³-hybridized carbons (Fsp3) is 0.200. The van der Waals surface area contributed by atoms with Crippen molar-refractivity contribution in [3.8, 4) is 0 Å². The van der Waals surface area contributed by atoms with Crippen molar-refractivity contribution in [3.63, 3.8) is 0 Å². The lowest BCUT2D eigenvalue weighted by atomic mass is 10.7. The molecule has 0 aromatic carbocycles. The Bertz CT molecular complexity index is 82.3. The summed E-state index contributed by atoms with van der Waals surface area (Å²) in [6.07, 6.45) is 7.09. The second-order valence-electron chi connectivity index (χ2n) is 1.05. The fourth-order valence-corrected chi connectivity index (χ4v) is 0.292. The van der Waals surface area contributed by atoms with Gasteiger partial charge in [-0.3, -0.25) is 0 Å². The van der Waals surface area contributed by atoms with Crippen LogP contribution in [0, 0.1) is 6.26 Å². The van der Waals surface area contributed by atoms with Crippen molar-refractivity contribution in [3.05, 3.63) is 24.9 Å². The minimum atomic E-state index is 0.552. The molecule has 0 N–H and O–H groups in total. The minimum Gasteiger partial charge on any atom is -0.494 e. The SMILES string of the molecule is [C]1=CCOC=CO1. The maximum Gasteiger partial charge on any atom is 0.168 e. The average molecular weight is 97.1 g/mol. The molecule has 0 unspecified atom stereocenters. The lowest BCUT2D eigenvalue weighted by Crippen LogP contribution is -1.75. The molecular weight excluding hydrogens is 92.1 g/mol. The zero-order chi connectivity index (χ0) is 4.95. The number of hydrogen-bond acceptors (Lipinski definition) is 2. The van der Waals surface area contributed by atoms with E-state index < -0.39 is 0 Å². The van der Waals surface area contributed by atoms with E-state index in [2.05, 4.69) is 11.0 Å². The van der Waals surface area contributed by atoms with Crippen LogP contribution in [0.4, 0.5) is 0 Å². The van der Waals surface area contributed by atoms with E-state index in [9.17, 15) is 0 Å². The lowest BCUT2D eigenvalue weighted by molar-refractivity contribution is 0.283. The van der Waals surface area contributed by atoms with Crippen LogP contribution in [0.1, 0.15) is 0 Å².